The van der Waals surface area contributed by atoms with Gasteiger partial charge in [-0.15, -0.1) is 0 Å². The smallest absolute Gasteiger partial charge is 0.127 e. The molecule has 1 aromatic rings. The van der Waals surface area contributed by atoms with Crippen LogP contribution in [0.25, 0.3) is 0 Å². The van der Waals surface area contributed by atoms with Gasteiger partial charge in [0.1, 0.15) is 6.10 Å². The third-order valence-corrected chi connectivity index (χ3v) is 4.95. The second-order valence-electron chi connectivity index (χ2n) is 6.60. The molecule has 21 heavy (non-hydrogen) atoms. The van der Waals surface area contributed by atoms with Crippen molar-refractivity contribution < 1.29 is 4.84 Å². The largest absolute Gasteiger partial charge is 0.393 e. The lowest BCUT2D eigenvalue weighted by atomic mass is 9.84. The molecule has 1 aromatic carbocycles. The maximum atomic E-state index is 5.64. The molecular formula is C19H27NO. The van der Waals surface area contributed by atoms with Crippen molar-refractivity contribution in [3.63, 3.8) is 0 Å². The molecule has 114 valence electrons. The van der Waals surface area contributed by atoms with E-state index in [1.54, 1.807) is 0 Å². The van der Waals surface area contributed by atoms with E-state index in [9.17, 15) is 0 Å². The fourth-order valence-electron chi connectivity index (χ4n) is 3.68. The SMILES string of the molecule is C(=NOC1CCCCC1)c1cccc(C2CCCCC2)c1. The molecule has 0 saturated heterocycles. The summed E-state index contributed by atoms with van der Waals surface area (Å²) in [5.74, 6) is 0.756. The molecule has 0 aliphatic heterocycles. The molecule has 2 fully saturated rings. The van der Waals surface area contributed by atoms with Crippen LogP contribution >= 0.6 is 0 Å². The van der Waals surface area contributed by atoms with Crippen molar-refractivity contribution in [1.82, 2.24) is 0 Å². The third-order valence-electron chi connectivity index (χ3n) is 4.95. The number of hydrogen-bond acceptors (Lipinski definition) is 2. The Balaban J connectivity index is 1.57. The Bertz CT molecular complexity index is 456. The first-order valence-electron chi connectivity index (χ1n) is 8.71. The first-order valence-corrected chi connectivity index (χ1v) is 8.71. The molecule has 0 heterocycles. The molecule has 0 N–H and O–H groups in total. The van der Waals surface area contributed by atoms with Crippen LogP contribution in [0, 0.1) is 0 Å². The quantitative estimate of drug-likeness (QED) is 0.535. The number of rotatable bonds is 4. The minimum Gasteiger partial charge on any atom is -0.393 e. The fourth-order valence-corrected chi connectivity index (χ4v) is 3.68. The minimum absolute atomic E-state index is 0.344. The summed E-state index contributed by atoms with van der Waals surface area (Å²) in [7, 11) is 0. The van der Waals surface area contributed by atoms with Gasteiger partial charge in [-0.05, 0) is 61.6 Å². The molecular weight excluding hydrogens is 258 g/mol. The van der Waals surface area contributed by atoms with E-state index in [1.165, 1.54) is 75.3 Å². The van der Waals surface area contributed by atoms with Crippen LogP contribution in [0.2, 0.25) is 0 Å². The van der Waals surface area contributed by atoms with Gasteiger partial charge in [-0.3, -0.25) is 0 Å². The van der Waals surface area contributed by atoms with Crippen LogP contribution in [0.3, 0.4) is 0 Å². The zero-order chi connectivity index (χ0) is 14.3. The van der Waals surface area contributed by atoms with Gasteiger partial charge in [0.25, 0.3) is 0 Å². The second kappa shape index (κ2) is 7.63. The lowest BCUT2D eigenvalue weighted by Crippen LogP contribution is -2.13. The van der Waals surface area contributed by atoms with E-state index in [4.69, 9.17) is 4.84 Å². The number of nitrogens with zero attached hydrogens (tertiary/aromatic N) is 1. The minimum atomic E-state index is 0.344. The predicted octanol–water partition coefficient (Wildman–Crippen LogP) is 5.42. The molecule has 2 nitrogen and oxygen atoms in total. The van der Waals surface area contributed by atoms with Gasteiger partial charge in [0, 0.05) is 0 Å². The monoisotopic (exact) mass is 285 g/mol. The van der Waals surface area contributed by atoms with Crippen LogP contribution in [0.4, 0.5) is 0 Å². The van der Waals surface area contributed by atoms with E-state index in [0.29, 0.717) is 6.10 Å². The molecule has 2 aliphatic carbocycles. The Labute approximate surface area is 128 Å². The fraction of sp³-hybridized carbons (Fsp3) is 0.632. The van der Waals surface area contributed by atoms with Crippen molar-refractivity contribution in [2.24, 2.45) is 5.16 Å². The summed E-state index contributed by atoms with van der Waals surface area (Å²) in [6.45, 7) is 0. The molecule has 0 spiro atoms. The van der Waals surface area contributed by atoms with E-state index >= 15 is 0 Å². The van der Waals surface area contributed by atoms with Gasteiger partial charge in [-0.25, -0.2) is 0 Å². The highest BCUT2D eigenvalue weighted by Crippen LogP contribution is 2.32. The highest BCUT2D eigenvalue weighted by molar-refractivity contribution is 5.79. The maximum Gasteiger partial charge on any atom is 0.127 e. The summed E-state index contributed by atoms with van der Waals surface area (Å²) in [6.07, 6.45) is 15.4. The van der Waals surface area contributed by atoms with Gasteiger partial charge in [0.05, 0.1) is 6.21 Å². The first kappa shape index (κ1) is 14.6. The van der Waals surface area contributed by atoms with Gasteiger partial charge in [0.15, 0.2) is 0 Å². The normalized spacial score (nSPS) is 21.7. The molecule has 2 saturated carbocycles. The molecule has 0 bridgehead atoms. The summed E-state index contributed by atoms with van der Waals surface area (Å²) >= 11 is 0. The van der Waals surface area contributed by atoms with E-state index in [0.717, 1.165) is 5.92 Å². The molecule has 2 aliphatic rings. The Kier molecular flexibility index (Phi) is 5.31. The van der Waals surface area contributed by atoms with Crippen molar-refractivity contribution >= 4 is 6.21 Å². The van der Waals surface area contributed by atoms with Crippen LogP contribution in [0.15, 0.2) is 29.4 Å². The number of hydrogen-bond donors (Lipinski definition) is 0. The Morgan fingerprint density at radius 3 is 2.38 bits per heavy atom. The summed E-state index contributed by atoms with van der Waals surface area (Å²) in [5, 5.41) is 4.23. The Hall–Kier alpha value is -1.31. The van der Waals surface area contributed by atoms with Crippen molar-refractivity contribution in [1.29, 1.82) is 0 Å². The molecule has 0 atom stereocenters. The molecule has 0 amide bonds. The molecule has 0 aromatic heterocycles. The molecule has 0 unspecified atom stereocenters. The first-order chi connectivity index (χ1) is 10.4. The summed E-state index contributed by atoms with van der Waals surface area (Å²) < 4.78 is 0. The van der Waals surface area contributed by atoms with Crippen molar-refractivity contribution in [2.45, 2.75) is 76.2 Å². The summed E-state index contributed by atoms with van der Waals surface area (Å²) in [4.78, 5) is 5.64. The zero-order valence-electron chi connectivity index (χ0n) is 13.0. The van der Waals surface area contributed by atoms with Crippen molar-refractivity contribution in [2.75, 3.05) is 0 Å². The van der Waals surface area contributed by atoms with Gasteiger partial charge in [0.2, 0.25) is 0 Å². The molecule has 2 heteroatoms. The van der Waals surface area contributed by atoms with E-state index in [2.05, 4.69) is 29.4 Å². The standard InChI is InChI=1S/C19H27NO/c1-3-9-17(10-4-1)18-11-7-8-16(14-18)15-20-21-19-12-5-2-6-13-19/h7-8,11,14-15,17,19H,1-6,9-10,12-13H2. The average Bonchev–Trinajstić information content (AvgIpc) is 2.57. The Morgan fingerprint density at radius 2 is 1.62 bits per heavy atom. The van der Waals surface area contributed by atoms with E-state index < -0.39 is 0 Å². The Morgan fingerprint density at radius 1 is 0.905 bits per heavy atom. The van der Waals surface area contributed by atoms with Crippen LogP contribution in [-0.4, -0.2) is 12.3 Å². The van der Waals surface area contributed by atoms with Crippen LogP contribution < -0.4 is 0 Å². The second-order valence-corrected chi connectivity index (χ2v) is 6.60. The van der Waals surface area contributed by atoms with Gasteiger partial charge >= 0.3 is 0 Å². The average molecular weight is 285 g/mol. The maximum absolute atomic E-state index is 5.64. The molecule has 3 rings (SSSR count). The summed E-state index contributed by atoms with van der Waals surface area (Å²) in [5.41, 5.74) is 2.66. The highest BCUT2D eigenvalue weighted by Gasteiger charge is 2.16. The highest BCUT2D eigenvalue weighted by atomic mass is 16.6. The van der Waals surface area contributed by atoms with Gasteiger partial charge < -0.3 is 4.84 Å². The summed E-state index contributed by atoms with van der Waals surface area (Å²) in [6, 6.07) is 8.85. The molecule has 0 radical (unpaired) electrons. The van der Waals surface area contributed by atoms with Crippen molar-refractivity contribution in [3.8, 4) is 0 Å². The topological polar surface area (TPSA) is 21.6 Å². The van der Waals surface area contributed by atoms with E-state index in [1.807, 2.05) is 6.21 Å². The number of benzene rings is 1. The lowest BCUT2D eigenvalue weighted by molar-refractivity contribution is 0.0340. The van der Waals surface area contributed by atoms with Crippen molar-refractivity contribution in [3.05, 3.63) is 35.4 Å². The van der Waals surface area contributed by atoms with E-state index in [-0.39, 0.29) is 0 Å². The zero-order valence-corrected chi connectivity index (χ0v) is 13.0. The van der Waals surface area contributed by atoms with Crippen LogP contribution in [-0.2, 0) is 4.84 Å². The van der Waals surface area contributed by atoms with Crippen LogP contribution in [0.5, 0.6) is 0 Å². The predicted molar refractivity (Wildman–Crippen MR) is 87.8 cm³/mol. The third kappa shape index (κ3) is 4.33. The lowest BCUT2D eigenvalue weighted by Gasteiger charge is -2.22. The van der Waals surface area contributed by atoms with Gasteiger partial charge in [-0.2, -0.15) is 0 Å². The van der Waals surface area contributed by atoms with Gasteiger partial charge in [-0.1, -0.05) is 49.0 Å². The number of oxime groups is 1. The van der Waals surface area contributed by atoms with Crippen LogP contribution in [0.1, 0.15) is 81.3 Å².